The molecule has 15 heteroatoms. The average Bonchev–Trinajstić information content (AvgIpc) is 3.23. The lowest BCUT2D eigenvalue weighted by molar-refractivity contribution is -0.287. The second kappa shape index (κ2) is 9.21. The van der Waals surface area contributed by atoms with Crippen LogP contribution in [-0.4, -0.2) is 46.4 Å². The minimum atomic E-state index is -5.92. The number of alkyl halides is 5. The van der Waals surface area contributed by atoms with Crippen molar-refractivity contribution in [3.8, 4) is 11.5 Å². The summed E-state index contributed by atoms with van der Waals surface area (Å²) in [5.41, 5.74) is -0.633. The monoisotopic (exact) mass is 522 g/mol. The number of carbonyl (C=O) groups is 1. The zero-order chi connectivity index (χ0) is 25.3. The van der Waals surface area contributed by atoms with Crippen LogP contribution in [0.15, 0.2) is 41.6 Å². The Hall–Kier alpha value is -3.20. The number of halogens is 5. The van der Waals surface area contributed by atoms with E-state index in [4.69, 9.17) is 0 Å². The Morgan fingerprint density at radius 2 is 1.79 bits per heavy atom. The highest BCUT2D eigenvalue weighted by atomic mass is 32.2. The third-order valence-electron chi connectivity index (χ3n) is 4.49. The van der Waals surface area contributed by atoms with Crippen LogP contribution in [0.4, 0.5) is 27.8 Å². The van der Waals surface area contributed by atoms with Crippen molar-refractivity contribution in [3.63, 3.8) is 0 Å². The van der Waals surface area contributed by atoms with Gasteiger partial charge in [-0.3, -0.25) is 0 Å². The van der Waals surface area contributed by atoms with Crippen LogP contribution in [0.2, 0.25) is 0 Å². The third-order valence-corrected chi connectivity index (χ3v) is 7.45. The van der Waals surface area contributed by atoms with E-state index in [1.54, 1.807) is 0 Å². The van der Waals surface area contributed by atoms with Crippen LogP contribution in [0.25, 0.3) is 11.5 Å². The first-order valence-corrected chi connectivity index (χ1v) is 11.8. The van der Waals surface area contributed by atoms with E-state index in [1.807, 2.05) is 0 Å². The summed E-state index contributed by atoms with van der Waals surface area (Å²) in [6.07, 6.45) is -3.09. The number of hydrogen-bond donors (Lipinski definition) is 2. The van der Waals surface area contributed by atoms with E-state index in [2.05, 4.69) is 20.3 Å². The molecule has 0 saturated heterocycles. The number of hydrogen-bond acceptors (Lipinski definition) is 8. The Balaban J connectivity index is 2.03. The van der Waals surface area contributed by atoms with Gasteiger partial charge in [-0.15, -0.1) is 11.3 Å². The molecule has 0 aromatic carbocycles. The van der Waals surface area contributed by atoms with E-state index < -0.39 is 44.9 Å². The summed E-state index contributed by atoms with van der Waals surface area (Å²) < 4.78 is 90.7. The summed E-state index contributed by atoms with van der Waals surface area (Å²) in [6, 6.07) is 4.36. The fourth-order valence-electron chi connectivity index (χ4n) is 2.73. The standard InChI is InChI=1S/C19H15F5N4O4S2/c1-2-34(31,32)13-5-4-11(15-25-6-3-7-26-15)28-16(13)27-9-12-10(17(29)30)8-14(33-12)18(20,21)19(22,23)24/h3-8H,2,9H2,1H3,(H,27,28)(H,29,30). The Kier molecular flexibility index (Phi) is 6.89. The minimum absolute atomic E-state index is 0.0547. The Labute approximate surface area is 193 Å². The van der Waals surface area contributed by atoms with Crippen LogP contribution in [0, 0.1) is 0 Å². The van der Waals surface area contributed by atoms with Gasteiger partial charge in [-0.05, 0) is 24.3 Å². The van der Waals surface area contributed by atoms with Crippen LogP contribution in [0.3, 0.4) is 0 Å². The van der Waals surface area contributed by atoms with Crippen LogP contribution < -0.4 is 5.32 Å². The molecule has 0 aliphatic carbocycles. The van der Waals surface area contributed by atoms with Crippen LogP contribution >= 0.6 is 11.3 Å². The lowest BCUT2D eigenvalue weighted by Crippen LogP contribution is -2.32. The molecule has 0 amide bonds. The molecule has 0 unspecified atom stereocenters. The van der Waals surface area contributed by atoms with Gasteiger partial charge in [0, 0.05) is 17.3 Å². The Bertz CT molecular complexity index is 1310. The molecule has 3 heterocycles. The van der Waals surface area contributed by atoms with Gasteiger partial charge in [-0.1, -0.05) is 6.92 Å². The van der Waals surface area contributed by atoms with Gasteiger partial charge in [0.15, 0.2) is 15.7 Å². The van der Waals surface area contributed by atoms with Gasteiger partial charge in [-0.2, -0.15) is 22.0 Å². The van der Waals surface area contributed by atoms with Gasteiger partial charge in [0.05, 0.1) is 22.7 Å². The minimum Gasteiger partial charge on any atom is -0.478 e. The first-order chi connectivity index (χ1) is 15.8. The Morgan fingerprint density at radius 1 is 1.15 bits per heavy atom. The van der Waals surface area contributed by atoms with Gasteiger partial charge >= 0.3 is 18.1 Å². The van der Waals surface area contributed by atoms with E-state index in [1.165, 1.54) is 37.5 Å². The van der Waals surface area contributed by atoms with Crippen molar-refractivity contribution in [2.45, 2.75) is 30.5 Å². The number of aromatic nitrogens is 3. The van der Waals surface area contributed by atoms with E-state index in [9.17, 15) is 40.3 Å². The van der Waals surface area contributed by atoms with E-state index in [0.29, 0.717) is 0 Å². The lowest BCUT2D eigenvalue weighted by atomic mass is 10.2. The number of aromatic carboxylic acids is 1. The summed E-state index contributed by atoms with van der Waals surface area (Å²) in [5, 5.41) is 11.8. The first-order valence-electron chi connectivity index (χ1n) is 9.34. The van der Waals surface area contributed by atoms with Gasteiger partial charge in [0.25, 0.3) is 0 Å². The van der Waals surface area contributed by atoms with Crippen molar-refractivity contribution in [2.75, 3.05) is 11.1 Å². The summed E-state index contributed by atoms with van der Waals surface area (Å²) in [4.78, 5) is 21.4. The quantitative estimate of drug-likeness (QED) is 0.419. The predicted octanol–water partition coefficient (Wildman–Crippen LogP) is 4.36. The normalized spacial score (nSPS) is 12.5. The molecule has 0 saturated carbocycles. The smallest absolute Gasteiger partial charge is 0.458 e. The van der Waals surface area contributed by atoms with Gasteiger partial charge in [0.1, 0.15) is 16.4 Å². The molecule has 0 fully saturated rings. The highest BCUT2D eigenvalue weighted by Gasteiger charge is 2.60. The molecule has 0 aliphatic rings. The number of nitrogens with one attached hydrogen (secondary N) is 1. The molecule has 0 bridgehead atoms. The second-order valence-corrected chi connectivity index (χ2v) is 10.1. The van der Waals surface area contributed by atoms with Crippen molar-refractivity contribution < 1.29 is 40.3 Å². The number of carboxylic acid groups (broad SMARTS) is 1. The SMILES string of the molecule is CCS(=O)(=O)c1ccc(-c2ncccn2)nc1NCc1sc(C(F)(F)C(F)(F)F)cc1C(=O)O. The van der Waals surface area contributed by atoms with Crippen LogP contribution in [0.1, 0.15) is 27.0 Å². The van der Waals surface area contributed by atoms with Gasteiger partial charge in [0.2, 0.25) is 0 Å². The number of nitrogens with zero attached hydrogens (tertiary/aromatic N) is 3. The van der Waals surface area contributed by atoms with Crippen molar-refractivity contribution in [1.82, 2.24) is 15.0 Å². The zero-order valence-electron chi connectivity index (χ0n) is 17.1. The summed E-state index contributed by atoms with van der Waals surface area (Å²) in [7, 11) is -3.84. The van der Waals surface area contributed by atoms with Crippen molar-refractivity contribution in [3.05, 3.63) is 52.0 Å². The zero-order valence-corrected chi connectivity index (χ0v) is 18.7. The van der Waals surface area contributed by atoms with E-state index >= 15 is 0 Å². The molecule has 34 heavy (non-hydrogen) atoms. The lowest BCUT2D eigenvalue weighted by Gasteiger charge is -2.17. The molecule has 3 aromatic rings. The number of rotatable bonds is 8. The molecular formula is C19H15F5N4O4S2. The van der Waals surface area contributed by atoms with Crippen LogP contribution in [-0.2, 0) is 22.3 Å². The molecule has 3 rings (SSSR count). The molecular weight excluding hydrogens is 507 g/mol. The molecule has 182 valence electrons. The number of sulfone groups is 1. The molecule has 0 spiro atoms. The second-order valence-electron chi connectivity index (χ2n) is 6.70. The molecule has 0 aliphatic heterocycles. The summed E-state index contributed by atoms with van der Waals surface area (Å²) in [6.45, 7) is 0.791. The predicted molar refractivity (Wildman–Crippen MR) is 112 cm³/mol. The molecule has 3 aromatic heterocycles. The third kappa shape index (κ3) is 4.99. The van der Waals surface area contributed by atoms with Gasteiger partial charge in [-0.25, -0.2) is 28.2 Å². The maximum atomic E-state index is 13.8. The maximum Gasteiger partial charge on any atom is 0.458 e. The highest BCUT2D eigenvalue weighted by Crippen LogP contribution is 2.47. The largest absolute Gasteiger partial charge is 0.478 e. The average molecular weight is 522 g/mol. The first kappa shape index (κ1) is 25.4. The topological polar surface area (TPSA) is 122 Å². The molecule has 8 nitrogen and oxygen atoms in total. The van der Waals surface area contributed by atoms with Crippen molar-refractivity contribution in [2.24, 2.45) is 0 Å². The Morgan fingerprint density at radius 3 is 2.35 bits per heavy atom. The summed E-state index contributed by atoms with van der Waals surface area (Å²) >= 11 is -0.0547. The fraction of sp³-hybridized carbons (Fsp3) is 0.263. The van der Waals surface area contributed by atoms with E-state index in [-0.39, 0.29) is 50.3 Å². The number of carboxylic acids is 1. The fourth-order valence-corrected chi connectivity index (χ4v) is 4.82. The molecule has 0 atom stereocenters. The maximum absolute atomic E-state index is 13.8. The van der Waals surface area contributed by atoms with E-state index in [0.717, 1.165) is 0 Å². The molecule has 0 radical (unpaired) electrons. The highest BCUT2D eigenvalue weighted by molar-refractivity contribution is 7.91. The number of thiophene rings is 1. The van der Waals surface area contributed by atoms with Crippen molar-refractivity contribution in [1.29, 1.82) is 0 Å². The molecule has 2 N–H and O–H groups in total. The van der Waals surface area contributed by atoms with Gasteiger partial charge < -0.3 is 10.4 Å². The van der Waals surface area contributed by atoms with Crippen molar-refractivity contribution >= 4 is 33.0 Å². The summed E-state index contributed by atoms with van der Waals surface area (Å²) in [5.74, 6) is -7.43. The number of pyridine rings is 1. The number of anilines is 1. The van der Waals surface area contributed by atoms with Crippen LogP contribution in [0.5, 0.6) is 0 Å².